The number of halogens is 1. The number of piperazine rings is 1. The summed E-state index contributed by atoms with van der Waals surface area (Å²) in [6, 6.07) is 5.69. The summed E-state index contributed by atoms with van der Waals surface area (Å²) in [4.78, 5) is 25.5. The minimum atomic E-state index is -0.355. The number of hydrogen-bond acceptors (Lipinski definition) is 2. The minimum Gasteiger partial charge on any atom is -0.345 e. The Morgan fingerprint density at radius 3 is 2.53 bits per heavy atom. The fraction of sp³-hybridized carbons (Fsp3) is 0.429. The van der Waals surface area contributed by atoms with Crippen LogP contribution in [0, 0.1) is 11.7 Å². The lowest BCUT2D eigenvalue weighted by Gasteiger charge is -2.35. The lowest BCUT2D eigenvalue weighted by atomic mass is 10.1. The second-order valence-electron chi connectivity index (χ2n) is 5.15. The predicted octanol–water partition coefficient (Wildman–Crippen LogP) is 1.06. The van der Waals surface area contributed by atoms with Gasteiger partial charge in [0.25, 0.3) is 0 Å². The van der Waals surface area contributed by atoms with Gasteiger partial charge in [-0.2, -0.15) is 0 Å². The summed E-state index contributed by atoms with van der Waals surface area (Å²) in [5.41, 5.74) is 0.843. The molecule has 1 aliphatic carbocycles. The molecule has 4 nitrogen and oxygen atoms in total. The van der Waals surface area contributed by atoms with Crippen LogP contribution in [0.1, 0.15) is 18.4 Å². The quantitative estimate of drug-likeness (QED) is 0.885. The first-order chi connectivity index (χ1) is 9.15. The standard InChI is InChI=1S/C14H15FN2O2/c15-11-5-1-9(2-6-11)8-17-12(18)7-16-14(19)13(17)10-3-4-10/h1-2,5-6,10,13H,3-4,7-8H2,(H,16,19). The molecule has 1 unspecified atom stereocenters. The van der Waals surface area contributed by atoms with Crippen LogP contribution in [0.15, 0.2) is 24.3 Å². The minimum absolute atomic E-state index is 0.0588. The van der Waals surface area contributed by atoms with Crippen LogP contribution in [0.3, 0.4) is 0 Å². The van der Waals surface area contributed by atoms with Crippen LogP contribution in [0.2, 0.25) is 0 Å². The van der Waals surface area contributed by atoms with Crippen LogP contribution in [0.25, 0.3) is 0 Å². The first-order valence-corrected chi connectivity index (χ1v) is 6.47. The van der Waals surface area contributed by atoms with Crippen molar-refractivity contribution in [3.8, 4) is 0 Å². The maximum absolute atomic E-state index is 12.9. The molecule has 1 saturated carbocycles. The molecule has 0 aromatic heterocycles. The van der Waals surface area contributed by atoms with Crippen molar-refractivity contribution < 1.29 is 14.0 Å². The van der Waals surface area contributed by atoms with Crippen molar-refractivity contribution in [2.24, 2.45) is 5.92 Å². The Morgan fingerprint density at radius 2 is 1.89 bits per heavy atom. The van der Waals surface area contributed by atoms with E-state index in [4.69, 9.17) is 0 Å². The lowest BCUT2D eigenvalue weighted by Crippen LogP contribution is -2.58. The number of amides is 2. The normalized spacial score (nSPS) is 23.4. The molecule has 5 heteroatoms. The molecule has 3 rings (SSSR count). The predicted molar refractivity (Wildman–Crippen MR) is 66.5 cm³/mol. The number of benzene rings is 1. The summed E-state index contributed by atoms with van der Waals surface area (Å²) in [5, 5.41) is 2.64. The van der Waals surface area contributed by atoms with Crippen molar-refractivity contribution in [3.63, 3.8) is 0 Å². The summed E-state index contributed by atoms with van der Waals surface area (Å²) in [6.07, 6.45) is 1.98. The van der Waals surface area contributed by atoms with E-state index in [1.807, 2.05) is 0 Å². The van der Waals surface area contributed by atoms with Gasteiger partial charge in [0, 0.05) is 6.54 Å². The molecule has 0 radical (unpaired) electrons. The number of rotatable bonds is 3. The number of nitrogens with zero attached hydrogens (tertiary/aromatic N) is 1. The lowest BCUT2D eigenvalue weighted by molar-refractivity contribution is -0.147. The number of carbonyl (C=O) groups is 2. The van der Waals surface area contributed by atoms with Crippen molar-refractivity contribution in [1.82, 2.24) is 10.2 Å². The van der Waals surface area contributed by atoms with Crippen LogP contribution in [-0.4, -0.2) is 29.3 Å². The number of hydrogen-bond donors (Lipinski definition) is 1. The fourth-order valence-corrected chi connectivity index (χ4v) is 2.52. The van der Waals surface area contributed by atoms with E-state index in [0.29, 0.717) is 6.54 Å². The molecule has 1 aliphatic heterocycles. The van der Waals surface area contributed by atoms with Gasteiger partial charge in [0.2, 0.25) is 11.8 Å². The van der Waals surface area contributed by atoms with Gasteiger partial charge in [-0.1, -0.05) is 12.1 Å². The molecule has 2 aliphatic rings. The summed E-state index contributed by atoms with van der Waals surface area (Å²) < 4.78 is 12.9. The molecule has 2 amide bonds. The number of carbonyl (C=O) groups excluding carboxylic acids is 2. The van der Waals surface area contributed by atoms with Crippen LogP contribution in [-0.2, 0) is 16.1 Å². The molecule has 1 heterocycles. The Hall–Kier alpha value is -1.91. The van der Waals surface area contributed by atoms with E-state index in [-0.39, 0.29) is 36.1 Å². The largest absolute Gasteiger partial charge is 0.345 e. The summed E-state index contributed by atoms with van der Waals surface area (Å²) >= 11 is 0. The highest BCUT2D eigenvalue weighted by Crippen LogP contribution is 2.37. The molecule has 100 valence electrons. The fourth-order valence-electron chi connectivity index (χ4n) is 2.52. The third kappa shape index (κ3) is 2.45. The maximum atomic E-state index is 12.9. The van der Waals surface area contributed by atoms with E-state index in [9.17, 15) is 14.0 Å². The molecule has 1 saturated heterocycles. The highest BCUT2D eigenvalue weighted by Gasteiger charge is 2.44. The molecule has 0 spiro atoms. The second kappa shape index (κ2) is 4.64. The molecule has 0 bridgehead atoms. The molecular formula is C14H15FN2O2. The van der Waals surface area contributed by atoms with Crippen molar-refractivity contribution in [2.75, 3.05) is 6.54 Å². The van der Waals surface area contributed by atoms with Gasteiger partial charge in [0.1, 0.15) is 11.9 Å². The first-order valence-electron chi connectivity index (χ1n) is 6.47. The molecule has 1 atom stereocenters. The van der Waals surface area contributed by atoms with Gasteiger partial charge in [0.05, 0.1) is 6.54 Å². The van der Waals surface area contributed by atoms with Gasteiger partial charge >= 0.3 is 0 Å². The Morgan fingerprint density at radius 1 is 1.21 bits per heavy atom. The third-order valence-corrected chi connectivity index (χ3v) is 3.67. The third-order valence-electron chi connectivity index (χ3n) is 3.67. The highest BCUT2D eigenvalue weighted by atomic mass is 19.1. The van der Waals surface area contributed by atoms with Crippen molar-refractivity contribution >= 4 is 11.8 Å². The highest BCUT2D eigenvalue weighted by molar-refractivity contribution is 5.95. The summed E-state index contributed by atoms with van der Waals surface area (Å²) in [6.45, 7) is 0.428. The average Bonchev–Trinajstić information content (AvgIpc) is 3.21. The van der Waals surface area contributed by atoms with Gasteiger partial charge in [-0.3, -0.25) is 9.59 Å². The van der Waals surface area contributed by atoms with Crippen LogP contribution >= 0.6 is 0 Å². The average molecular weight is 262 g/mol. The van der Waals surface area contributed by atoms with Crippen molar-refractivity contribution in [2.45, 2.75) is 25.4 Å². The van der Waals surface area contributed by atoms with E-state index >= 15 is 0 Å². The van der Waals surface area contributed by atoms with Crippen molar-refractivity contribution in [1.29, 1.82) is 0 Å². The van der Waals surface area contributed by atoms with Gasteiger partial charge in [-0.15, -0.1) is 0 Å². The summed E-state index contributed by atoms with van der Waals surface area (Å²) in [5.74, 6) is -0.153. The zero-order chi connectivity index (χ0) is 13.4. The maximum Gasteiger partial charge on any atom is 0.243 e. The SMILES string of the molecule is O=C1NCC(=O)N(Cc2ccc(F)cc2)C1C1CC1. The Labute approximate surface area is 110 Å². The van der Waals surface area contributed by atoms with E-state index < -0.39 is 0 Å². The first kappa shape index (κ1) is 12.1. The van der Waals surface area contributed by atoms with Crippen molar-refractivity contribution in [3.05, 3.63) is 35.6 Å². The van der Waals surface area contributed by atoms with E-state index in [1.54, 1.807) is 17.0 Å². The second-order valence-corrected chi connectivity index (χ2v) is 5.15. The monoisotopic (exact) mass is 262 g/mol. The van der Waals surface area contributed by atoms with E-state index in [2.05, 4.69) is 5.32 Å². The van der Waals surface area contributed by atoms with Gasteiger partial charge in [-0.25, -0.2) is 4.39 Å². The Balaban J connectivity index is 1.81. The van der Waals surface area contributed by atoms with Gasteiger partial charge in [-0.05, 0) is 36.5 Å². The topological polar surface area (TPSA) is 49.4 Å². The van der Waals surface area contributed by atoms with E-state index in [0.717, 1.165) is 18.4 Å². The summed E-state index contributed by atoms with van der Waals surface area (Å²) in [7, 11) is 0. The molecule has 1 N–H and O–H groups in total. The van der Waals surface area contributed by atoms with Crippen LogP contribution < -0.4 is 5.32 Å². The van der Waals surface area contributed by atoms with Gasteiger partial charge < -0.3 is 10.2 Å². The molecule has 1 aromatic carbocycles. The molecule has 19 heavy (non-hydrogen) atoms. The van der Waals surface area contributed by atoms with E-state index in [1.165, 1.54) is 12.1 Å². The number of nitrogens with one attached hydrogen (secondary N) is 1. The molecular weight excluding hydrogens is 247 g/mol. The smallest absolute Gasteiger partial charge is 0.243 e. The zero-order valence-corrected chi connectivity index (χ0v) is 10.4. The Bertz CT molecular complexity index is 511. The van der Waals surface area contributed by atoms with Crippen LogP contribution in [0.4, 0.5) is 4.39 Å². The Kier molecular flexibility index (Phi) is 2.97. The molecule has 1 aromatic rings. The van der Waals surface area contributed by atoms with Crippen LogP contribution in [0.5, 0.6) is 0 Å². The molecule has 2 fully saturated rings. The van der Waals surface area contributed by atoms with Gasteiger partial charge in [0.15, 0.2) is 0 Å². The zero-order valence-electron chi connectivity index (χ0n) is 10.4.